The van der Waals surface area contributed by atoms with Gasteiger partial charge in [-0.05, 0) is 12.8 Å². The lowest BCUT2D eigenvalue weighted by atomic mass is 9.88. The molecule has 1 nitrogen and oxygen atoms in total. The Bertz CT molecular complexity index is 173. The molecule has 15 heavy (non-hydrogen) atoms. The van der Waals surface area contributed by atoms with Gasteiger partial charge < -0.3 is 0 Å². The van der Waals surface area contributed by atoms with Crippen LogP contribution >= 0.6 is 11.8 Å². The first-order valence-electron chi connectivity index (χ1n) is 6.41. The Morgan fingerprint density at radius 3 is 1.93 bits per heavy atom. The minimum Gasteiger partial charge on any atom is -0.299 e. The van der Waals surface area contributed by atoms with Gasteiger partial charge in [-0.3, -0.25) is 4.79 Å². The number of hydrogen-bond acceptors (Lipinski definition) is 2. The molecule has 0 N–H and O–H groups in total. The van der Waals surface area contributed by atoms with Gasteiger partial charge in [-0.2, -0.15) is 11.8 Å². The van der Waals surface area contributed by atoms with Crippen LogP contribution in [0, 0.1) is 11.8 Å². The van der Waals surface area contributed by atoms with E-state index < -0.39 is 0 Å². The monoisotopic (exact) mass is 228 g/mol. The van der Waals surface area contributed by atoms with Crippen LogP contribution in [0.15, 0.2) is 0 Å². The number of ketones is 1. The highest BCUT2D eigenvalue weighted by atomic mass is 32.2. The summed E-state index contributed by atoms with van der Waals surface area (Å²) in [6.07, 6.45) is 7.13. The number of rotatable bonds is 6. The average Bonchev–Trinajstić information content (AvgIpc) is 2.26. The van der Waals surface area contributed by atoms with Crippen molar-refractivity contribution in [3.8, 4) is 0 Å². The molecule has 2 atom stereocenters. The quantitative estimate of drug-likeness (QED) is 0.685. The van der Waals surface area contributed by atoms with E-state index >= 15 is 0 Å². The van der Waals surface area contributed by atoms with Crippen LogP contribution in [0.2, 0.25) is 0 Å². The zero-order valence-electron chi connectivity index (χ0n) is 10.1. The lowest BCUT2D eigenvalue weighted by Gasteiger charge is -2.27. The highest BCUT2D eigenvalue weighted by molar-refractivity contribution is 7.99. The molecule has 1 aliphatic rings. The fraction of sp³-hybridized carbons (Fsp3) is 0.923. The highest BCUT2D eigenvalue weighted by Crippen LogP contribution is 2.30. The molecule has 1 rings (SSSR count). The van der Waals surface area contributed by atoms with Gasteiger partial charge in [0.2, 0.25) is 0 Å². The summed E-state index contributed by atoms with van der Waals surface area (Å²) in [5.74, 6) is 3.51. The second-order valence-corrected chi connectivity index (χ2v) is 5.69. The van der Waals surface area contributed by atoms with Gasteiger partial charge >= 0.3 is 0 Å². The Morgan fingerprint density at radius 2 is 1.53 bits per heavy atom. The van der Waals surface area contributed by atoms with Crippen LogP contribution in [0.5, 0.6) is 0 Å². The van der Waals surface area contributed by atoms with Gasteiger partial charge in [0.15, 0.2) is 0 Å². The summed E-state index contributed by atoms with van der Waals surface area (Å²) in [5, 5.41) is 0. The summed E-state index contributed by atoms with van der Waals surface area (Å²) in [6, 6.07) is 0. The van der Waals surface area contributed by atoms with E-state index in [4.69, 9.17) is 0 Å². The molecule has 0 amide bonds. The summed E-state index contributed by atoms with van der Waals surface area (Å²) in [5.41, 5.74) is 0. The number of unbranched alkanes of at least 4 members (excludes halogenated alkanes) is 2. The van der Waals surface area contributed by atoms with Crippen molar-refractivity contribution in [2.45, 2.75) is 52.4 Å². The predicted octanol–water partition coefficient (Wildman–Crippen LogP) is 3.92. The summed E-state index contributed by atoms with van der Waals surface area (Å²) in [4.78, 5) is 12.1. The third-order valence-electron chi connectivity index (χ3n) is 3.26. The molecule has 88 valence electrons. The maximum absolute atomic E-state index is 12.1. The molecule has 0 aromatic rings. The van der Waals surface area contributed by atoms with Crippen LogP contribution in [-0.2, 0) is 4.79 Å². The van der Waals surface area contributed by atoms with Gasteiger partial charge in [-0.1, -0.05) is 39.5 Å². The van der Waals surface area contributed by atoms with E-state index in [1.54, 1.807) is 0 Å². The Hall–Kier alpha value is 0.0200. The van der Waals surface area contributed by atoms with Gasteiger partial charge in [-0.25, -0.2) is 0 Å². The molecule has 1 saturated heterocycles. The summed E-state index contributed by atoms with van der Waals surface area (Å²) < 4.78 is 0. The van der Waals surface area contributed by atoms with Crippen molar-refractivity contribution < 1.29 is 4.79 Å². The molecule has 1 heterocycles. The van der Waals surface area contributed by atoms with Gasteiger partial charge in [0.05, 0.1) is 0 Å². The van der Waals surface area contributed by atoms with Crippen LogP contribution in [0.1, 0.15) is 52.4 Å². The van der Waals surface area contributed by atoms with Crippen molar-refractivity contribution in [3.63, 3.8) is 0 Å². The van der Waals surface area contributed by atoms with Crippen molar-refractivity contribution in [1.29, 1.82) is 0 Å². The Labute approximate surface area is 98.4 Å². The minimum absolute atomic E-state index is 0.380. The Balaban J connectivity index is 2.36. The maximum Gasteiger partial charge on any atom is 0.140 e. The maximum atomic E-state index is 12.1. The molecule has 0 radical (unpaired) electrons. The van der Waals surface area contributed by atoms with Crippen LogP contribution < -0.4 is 0 Å². The fourth-order valence-electron chi connectivity index (χ4n) is 2.20. The standard InChI is InChI=1S/C13H24OS/c1-3-5-7-11-9-15-10-12(13(11)14)8-6-4-2/h11-12H,3-10H2,1-2H3/t11-,12-/m1/s1. The number of carbonyl (C=O) groups is 1. The Morgan fingerprint density at radius 1 is 1.07 bits per heavy atom. The normalized spacial score (nSPS) is 26.9. The van der Waals surface area contributed by atoms with E-state index in [1.165, 1.54) is 25.7 Å². The van der Waals surface area contributed by atoms with Crippen molar-refractivity contribution in [3.05, 3.63) is 0 Å². The van der Waals surface area contributed by atoms with Crippen molar-refractivity contribution in [2.24, 2.45) is 11.8 Å². The summed E-state index contributed by atoms with van der Waals surface area (Å²) in [6.45, 7) is 4.41. The first kappa shape index (κ1) is 13.1. The smallest absolute Gasteiger partial charge is 0.140 e. The Kier molecular flexibility index (Phi) is 6.39. The molecule has 2 heteroatoms. The van der Waals surface area contributed by atoms with Crippen molar-refractivity contribution in [2.75, 3.05) is 11.5 Å². The zero-order chi connectivity index (χ0) is 11.1. The van der Waals surface area contributed by atoms with E-state index in [2.05, 4.69) is 13.8 Å². The molecular weight excluding hydrogens is 204 g/mol. The molecule has 0 spiro atoms. The van der Waals surface area contributed by atoms with Crippen LogP contribution in [0.3, 0.4) is 0 Å². The highest BCUT2D eigenvalue weighted by Gasteiger charge is 2.30. The minimum atomic E-state index is 0.380. The topological polar surface area (TPSA) is 17.1 Å². The largest absolute Gasteiger partial charge is 0.299 e. The molecule has 1 aliphatic heterocycles. The number of thioether (sulfide) groups is 1. The lowest BCUT2D eigenvalue weighted by molar-refractivity contribution is -0.126. The molecule has 1 fully saturated rings. The zero-order valence-corrected chi connectivity index (χ0v) is 10.9. The first-order valence-corrected chi connectivity index (χ1v) is 7.56. The molecule has 0 aliphatic carbocycles. The number of hydrogen-bond donors (Lipinski definition) is 0. The lowest BCUT2D eigenvalue weighted by Crippen LogP contribution is -2.31. The third-order valence-corrected chi connectivity index (χ3v) is 4.53. The number of Topliss-reactive ketones (excluding diaryl/α,β-unsaturated/α-hetero) is 1. The third kappa shape index (κ3) is 4.18. The van der Waals surface area contributed by atoms with Crippen LogP contribution in [0.25, 0.3) is 0 Å². The van der Waals surface area contributed by atoms with E-state index in [0.29, 0.717) is 17.6 Å². The van der Waals surface area contributed by atoms with Crippen LogP contribution in [0.4, 0.5) is 0 Å². The van der Waals surface area contributed by atoms with Gasteiger partial charge in [0, 0.05) is 23.3 Å². The van der Waals surface area contributed by atoms with Crippen molar-refractivity contribution >= 4 is 17.5 Å². The van der Waals surface area contributed by atoms with Gasteiger partial charge in [0.1, 0.15) is 5.78 Å². The molecule has 0 aromatic carbocycles. The first-order chi connectivity index (χ1) is 7.29. The van der Waals surface area contributed by atoms with E-state index in [9.17, 15) is 4.79 Å². The summed E-state index contributed by atoms with van der Waals surface area (Å²) >= 11 is 1.99. The summed E-state index contributed by atoms with van der Waals surface area (Å²) in [7, 11) is 0. The van der Waals surface area contributed by atoms with E-state index in [1.807, 2.05) is 11.8 Å². The van der Waals surface area contributed by atoms with Crippen molar-refractivity contribution in [1.82, 2.24) is 0 Å². The molecule has 0 aromatic heterocycles. The van der Waals surface area contributed by atoms with E-state index in [-0.39, 0.29) is 0 Å². The fourth-order valence-corrected chi connectivity index (χ4v) is 3.57. The average molecular weight is 228 g/mol. The molecular formula is C13H24OS. The van der Waals surface area contributed by atoms with E-state index in [0.717, 1.165) is 24.3 Å². The SMILES string of the molecule is CCCC[C@@H]1CSC[C@@H](CCCC)C1=O. The molecule has 0 unspecified atom stereocenters. The molecule has 0 saturated carbocycles. The van der Waals surface area contributed by atoms with Gasteiger partial charge in [-0.15, -0.1) is 0 Å². The second kappa shape index (κ2) is 7.32. The van der Waals surface area contributed by atoms with Crippen LogP contribution in [-0.4, -0.2) is 17.3 Å². The van der Waals surface area contributed by atoms with Gasteiger partial charge in [0.25, 0.3) is 0 Å². The predicted molar refractivity (Wildman–Crippen MR) is 68.4 cm³/mol. The molecule has 0 bridgehead atoms. The second-order valence-electron chi connectivity index (χ2n) is 4.62. The number of carbonyl (C=O) groups excluding carboxylic acids is 1.